The highest BCUT2D eigenvalue weighted by Crippen LogP contribution is 2.72. The summed E-state index contributed by atoms with van der Waals surface area (Å²) in [6.45, 7) is 14.3. The number of nitrogens with one attached hydrogen (secondary N) is 6. The summed E-state index contributed by atoms with van der Waals surface area (Å²) >= 11 is 0. The number of rotatable bonds is 48. The van der Waals surface area contributed by atoms with Crippen LogP contribution in [0, 0.1) is 34.5 Å². The van der Waals surface area contributed by atoms with Crippen molar-refractivity contribution >= 4 is 64.5 Å². The van der Waals surface area contributed by atoms with Crippen molar-refractivity contribution < 1.29 is 104 Å². The number of nitrogens with two attached hydrogens (primary N) is 1. The number of anilines is 2. The molecule has 4 aromatic rings. The van der Waals surface area contributed by atoms with Gasteiger partial charge >= 0.3 is 12.1 Å². The number of aliphatic hydroxyl groups is 1. The number of primary amides is 1. The Bertz CT molecular complexity index is 4110. The van der Waals surface area contributed by atoms with Crippen molar-refractivity contribution in [2.24, 2.45) is 40.2 Å². The number of carbonyl (C=O) groups is 9. The first-order valence-corrected chi connectivity index (χ1v) is 40.7. The monoisotopic (exact) mass is 1640 g/mol. The smallest absolute Gasteiger partial charge is 0.407 e. The maximum absolute atomic E-state index is 18.0. The van der Waals surface area contributed by atoms with Crippen LogP contribution < -0.4 is 42.5 Å². The number of Topliss-reactive ketones (excluding diaryl/α,β-unsaturated/α-hetero) is 2. The Kier molecular flexibility index (Phi) is 33.4. The minimum absolute atomic E-state index is 0.0193. The van der Waals surface area contributed by atoms with Gasteiger partial charge in [0.25, 0.3) is 0 Å². The van der Waals surface area contributed by atoms with Crippen LogP contribution in [0.2, 0.25) is 0 Å². The van der Waals surface area contributed by atoms with E-state index in [4.69, 9.17) is 53.1 Å². The quantitative estimate of drug-likeness (QED) is 0.0209. The molecule has 1 aromatic heterocycles. The summed E-state index contributed by atoms with van der Waals surface area (Å²) in [7, 11) is 1.87. The number of hydrogen-bond donors (Lipinski definition) is 8. The number of ketones is 3. The number of aliphatic hydroxyl groups excluding tert-OH is 1. The van der Waals surface area contributed by atoms with Gasteiger partial charge in [0.15, 0.2) is 34.9 Å². The standard InChI is InChI=1S/C84H115F2N11O20/c1-7-13-74-116-70-49-62-63-48-65(85)64-47-59(98)25-27-81(64,4)83(63,86)68(100)50-82(62,5)84(70,117-74)69(101)51-91-80(107)115-53-55-19-21-58(22-20-55)92-78(105)56(15-12-28-90-79(87)106)46-67(99)75(54(2)3)93-72(103)26-32-108-36-40-112-44-45-114-42-38-110-34-30-89-71(102)23-24-73(104)96-52-57-14-8-9-16-60(57)76-77(61-17-10-11-18-66(61)96)97(95-94-76)31-35-111-39-43-113-41-37-109-33-29-88-6/h8-11,14,16-22,25,27,47,54,56,62-63,65,68,70,74-75,88,100H,7,12-13,15,23-24,26,28-46,48-53H2,1-6H3,(H,89,102)(H,91,107)(H,92,105)(H,93,103)(H3,87,90,106)/t56-,62+,63+,65+,68+,70-,74?,75+,81+,82+,83+,84-/m1/s1. The molecule has 7 amide bonds. The Morgan fingerprint density at radius 2 is 1.39 bits per heavy atom. The molecule has 3 aromatic carbocycles. The van der Waals surface area contributed by atoms with Gasteiger partial charge in [-0.3, -0.25) is 33.6 Å². The molecular formula is C84H115F2N11O20. The fourth-order valence-electron chi connectivity index (χ4n) is 17.1. The van der Waals surface area contributed by atoms with Crippen molar-refractivity contribution in [3.05, 3.63) is 108 Å². The van der Waals surface area contributed by atoms with Gasteiger partial charge in [0, 0.05) is 84.8 Å². The molecule has 9 N–H and O–H groups in total. The van der Waals surface area contributed by atoms with E-state index in [9.17, 15) is 48.3 Å². The zero-order valence-electron chi connectivity index (χ0n) is 67.8. The summed E-state index contributed by atoms with van der Waals surface area (Å²) in [5, 5.41) is 37.7. The SMILES string of the molecule is CCCC1O[C@@H]2C[C@H]3[C@@H]4C[C@H](F)C5=CC(=O)C=C[C@]5(C)[C@@]4(F)[C@@H](O)C[C@]3(C)[C@]2(C(=O)CNC(=O)OCc2ccc(NC(=O)[C@H](CCCNC(N)=O)CC(=O)[C@@H](NC(=O)CCOCCOCCOCCOCCNC(=O)CCC(=O)N3Cc4ccccc4-c4nnn(CCOCCOCCOCCNC)c4-c4ccccc43)C(C)C)cc2)O1. The van der Waals surface area contributed by atoms with E-state index < -0.39 is 113 Å². The van der Waals surface area contributed by atoms with Crippen LogP contribution >= 0.6 is 0 Å². The van der Waals surface area contributed by atoms with E-state index in [2.05, 4.69) is 42.2 Å². The number of allylic oxidation sites excluding steroid dienone is 4. The van der Waals surface area contributed by atoms with E-state index in [1.54, 1.807) is 54.6 Å². The summed E-state index contributed by atoms with van der Waals surface area (Å²) in [5.74, 6) is -5.89. The van der Waals surface area contributed by atoms with E-state index >= 15 is 8.78 Å². The van der Waals surface area contributed by atoms with Gasteiger partial charge in [-0.25, -0.2) is 23.1 Å². The van der Waals surface area contributed by atoms with Crippen LogP contribution in [0.4, 0.5) is 29.7 Å². The average Bonchev–Trinajstić information content (AvgIpc) is 1.53. The van der Waals surface area contributed by atoms with Gasteiger partial charge in [0.2, 0.25) is 23.6 Å². The molecule has 12 atom stereocenters. The number of likely N-dealkylation sites (N-methyl/N-ethyl adjacent to an activating group) is 1. The largest absolute Gasteiger partial charge is 0.445 e. The Labute approximate surface area is 680 Å². The number of para-hydroxylation sites is 1. The van der Waals surface area contributed by atoms with Gasteiger partial charge in [0.05, 0.1) is 142 Å². The Morgan fingerprint density at radius 1 is 0.744 bits per heavy atom. The molecule has 0 bridgehead atoms. The van der Waals surface area contributed by atoms with Crippen molar-refractivity contribution in [3.8, 4) is 22.5 Å². The van der Waals surface area contributed by atoms with Crippen LogP contribution in [0.25, 0.3) is 22.5 Å². The second-order valence-electron chi connectivity index (χ2n) is 31.1. The Morgan fingerprint density at radius 3 is 2.07 bits per heavy atom. The molecular weight excluding hydrogens is 1520 g/mol. The second-order valence-corrected chi connectivity index (χ2v) is 31.1. The van der Waals surface area contributed by atoms with E-state index in [0.29, 0.717) is 88.1 Å². The Balaban J connectivity index is 0.584. The van der Waals surface area contributed by atoms with Crippen LogP contribution in [0.3, 0.4) is 0 Å². The molecule has 4 fully saturated rings. The highest BCUT2D eigenvalue weighted by atomic mass is 19.1. The molecule has 31 nitrogen and oxygen atoms in total. The predicted molar refractivity (Wildman–Crippen MR) is 425 cm³/mol. The fraction of sp³-hybridized carbons (Fsp3) is 0.607. The lowest BCUT2D eigenvalue weighted by atomic mass is 9.44. The second kappa shape index (κ2) is 43.2. The molecule has 1 unspecified atom stereocenters. The molecule has 0 spiro atoms. The van der Waals surface area contributed by atoms with Crippen molar-refractivity contribution in [1.29, 1.82) is 0 Å². The lowest BCUT2D eigenvalue weighted by molar-refractivity contribution is -0.233. The summed E-state index contributed by atoms with van der Waals surface area (Å²) in [4.78, 5) is 122. The van der Waals surface area contributed by atoms with Crippen LogP contribution in [-0.4, -0.2) is 241 Å². The third-order valence-corrected chi connectivity index (χ3v) is 23.0. The van der Waals surface area contributed by atoms with Gasteiger partial charge in [-0.05, 0) is 111 Å². The Hall–Kier alpha value is -8.87. The minimum atomic E-state index is -2.39. The van der Waals surface area contributed by atoms with Gasteiger partial charge in [-0.1, -0.05) is 100 Å². The van der Waals surface area contributed by atoms with Gasteiger partial charge in [0.1, 0.15) is 18.5 Å². The maximum atomic E-state index is 18.0. The van der Waals surface area contributed by atoms with Crippen LogP contribution in [0.15, 0.2) is 96.6 Å². The first-order chi connectivity index (χ1) is 56.4. The number of aromatic nitrogens is 3. The molecule has 10 rings (SSSR count). The summed E-state index contributed by atoms with van der Waals surface area (Å²) in [6.07, 6.45) is -1.61. The number of alkyl carbamates (subject to hydrolysis) is 1. The number of amides is 7. The van der Waals surface area contributed by atoms with Gasteiger partial charge in [-0.2, -0.15) is 0 Å². The maximum Gasteiger partial charge on any atom is 0.407 e. The normalized spacial score (nSPS) is 23.9. The summed E-state index contributed by atoms with van der Waals surface area (Å²) in [6, 6.07) is 20.1. The van der Waals surface area contributed by atoms with Crippen molar-refractivity contribution in [3.63, 3.8) is 0 Å². The average molecular weight is 1640 g/mol. The van der Waals surface area contributed by atoms with Crippen molar-refractivity contribution in [1.82, 2.24) is 41.6 Å². The lowest BCUT2D eigenvalue weighted by Crippen LogP contribution is -2.71. The highest BCUT2D eigenvalue weighted by Gasteiger charge is 2.80. The van der Waals surface area contributed by atoms with E-state index in [0.717, 1.165) is 35.0 Å². The number of benzene rings is 3. The predicted octanol–water partition coefficient (Wildman–Crippen LogP) is 6.89. The first-order valence-electron chi connectivity index (χ1n) is 40.7. The minimum Gasteiger partial charge on any atom is -0.445 e. The topological polar surface area (TPSA) is 398 Å². The number of fused-ring (bicyclic) bond motifs is 12. The number of nitrogens with zero attached hydrogens (tertiary/aromatic N) is 4. The van der Waals surface area contributed by atoms with Crippen LogP contribution in [0.5, 0.6) is 0 Å². The third-order valence-electron chi connectivity index (χ3n) is 23.0. The molecule has 6 aliphatic rings. The molecule has 117 heavy (non-hydrogen) atoms. The summed E-state index contributed by atoms with van der Waals surface area (Å²) in [5.41, 5.74) is 3.75. The van der Waals surface area contributed by atoms with Gasteiger partial charge < -0.3 is 95.0 Å². The summed E-state index contributed by atoms with van der Waals surface area (Å²) < 4.78 is 94.0. The highest BCUT2D eigenvalue weighted by molar-refractivity contribution is 6.03. The molecule has 0 radical (unpaired) electrons. The first kappa shape index (κ1) is 90.5. The van der Waals surface area contributed by atoms with E-state index in [1.165, 1.54) is 19.1 Å². The molecule has 33 heteroatoms. The molecule has 2 aliphatic heterocycles. The number of urea groups is 1. The van der Waals surface area contributed by atoms with Crippen molar-refractivity contribution in [2.75, 3.05) is 136 Å². The molecule has 1 saturated heterocycles. The van der Waals surface area contributed by atoms with E-state index in [-0.39, 0.29) is 160 Å². The fourth-order valence-corrected chi connectivity index (χ4v) is 17.1. The van der Waals surface area contributed by atoms with Crippen LogP contribution in [-0.2, 0) is 101 Å². The van der Waals surface area contributed by atoms with E-state index in [1.807, 2.05) is 62.5 Å². The van der Waals surface area contributed by atoms with Crippen LogP contribution in [0.1, 0.15) is 116 Å². The number of ether oxygens (including phenoxy) is 10. The lowest BCUT2D eigenvalue weighted by Gasteiger charge is -2.63. The van der Waals surface area contributed by atoms with Crippen molar-refractivity contribution in [2.45, 2.75) is 167 Å². The number of hydrogen-bond acceptors (Lipinski definition) is 23. The van der Waals surface area contributed by atoms with Gasteiger partial charge in [-0.15, -0.1) is 5.10 Å². The molecule has 3 heterocycles. The zero-order valence-corrected chi connectivity index (χ0v) is 67.8. The number of halogens is 2. The number of carbonyl (C=O) groups excluding carboxylic acids is 9. The zero-order chi connectivity index (χ0) is 83.7. The molecule has 4 aliphatic carbocycles. The molecule has 640 valence electrons. The number of alkyl halides is 2. The third kappa shape index (κ3) is 22.4. The molecule has 3 saturated carbocycles.